The molecule has 14 nitrogen and oxygen atoms in total. The van der Waals surface area contributed by atoms with Gasteiger partial charge in [-0.1, -0.05) is 89.6 Å². The van der Waals surface area contributed by atoms with Gasteiger partial charge in [0.05, 0.1) is 38.1 Å². The molecule has 14 heteroatoms. The fraction of sp³-hybridized carbons (Fsp3) is 0.512. The summed E-state index contributed by atoms with van der Waals surface area (Å²) in [6.45, 7) is 13.2. The van der Waals surface area contributed by atoms with E-state index in [0.717, 1.165) is 40.2 Å². The number of hydrogen-bond donors (Lipinski definition) is 4. The predicted molar refractivity (Wildman–Crippen MR) is 216 cm³/mol. The van der Waals surface area contributed by atoms with Crippen LogP contribution in [0.15, 0.2) is 66.7 Å². The van der Waals surface area contributed by atoms with E-state index in [0.29, 0.717) is 32.7 Å². The molecule has 3 heterocycles. The molecule has 0 radical (unpaired) electrons. The van der Waals surface area contributed by atoms with E-state index in [1.54, 1.807) is 14.8 Å². The van der Waals surface area contributed by atoms with Crippen LogP contribution in [0.25, 0.3) is 0 Å². The molecule has 0 bridgehead atoms. The summed E-state index contributed by atoms with van der Waals surface area (Å²) in [6.07, 6.45) is -0.247. The van der Waals surface area contributed by atoms with Crippen LogP contribution in [0, 0.1) is 18.3 Å². The molecule has 3 aromatic rings. The number of nitrogens with one attached hydrogen (secondary N) is 3. The molecule has 5 rings (SSSR count). The van der Waals surface area contributed by atoms with E-state index < -0.39 is 41.6 Å². The van der Waals surface area contributed by atoms with E-state index >= 15 is 0 Å². The third-order valence-electron chi connectivity index (χ3n) is 10.7. The maximum atomic E-state index is 14.5. The number of hydrazine groups is 1. The van der Waals surface area contributed by atoms with Gasteiger partial charge in [-0.3, -0.25) is 20.0 Å². The van der Waals surface area contributed by atoms with Gasteiger partial charge in [-0.2, -0.15) is 0 Å². The minimum atomic E-state index is -1.19. The molecule has 0 saturated carbocycles. The van der Waals surface area contributed by atoms with Crippen molar-refractivity contribution in [2.75, 3.05) is 33.4 Å². The molecule has 308 valence electrons. The number of fused-ring (bicyclic) bond motifs is 1. The minimum absolute atomic E-state index is 0.0832. The number of carbonyl (C=O) groups excluding carboxylic acids is 4. The molecule has 0 unspecified atom stereocenters. The number of nitrogens with zero attached hydrogens (tertiary/aromatic N) is 4. The van der Waals surface area contributed by atoms with Gasteiger partial charge >= 0.3 is 12.1 Å². The van der Waals surface area contributed by atoms with Crippen molar-refractivity contribution in [3.63, 3.8) is 0 Å². The summed E-state index contributed by atoms with van der Waals surface area (Å²) in [5, 5.41) is 19.5. The number of aliphatic hydroxyl groups is 1. The Labute approximate surface area is 336 Å². The zero-order chi connectivity index (χ0) is 41.3. The van der Waals surface area contributed by atoms with Crippen LogP contribution in [0.1, 0.15) is 69.1 Å². The number of hydrogen-bond acceptors (Lipinski definition) is 9. The van der Waals surface area contributed by atoms with Crippen LogP contribution in [0.4, 0.5) is 9.59 Å². The standard InChI is InChI=1S/C43H59N7O7/c1-8-28(2)37(50-21-20-48(42(50)55)26-33-16-12-13-29(3)44-33)39(52)45-34(24-30-14-10-9-11-15-30)35(51)27-49(25-31-17-18-36-32(23-31)19-22-57-36)47-40(53)38(43(4,5)6)46-41(54)56-7/h9-18,23,28,34-35,37-38,51H,8,19-22,24-27H2,1-7H3,(H,45,52)(H,46,54)(H,47,53)/t28-,34-,35-,37-,38+/m0/s1. The van der Waals surface area contributed by atoms with Gasteiger partial charge in [-0.25, -0.2) is 14.6 Å². The highest BCUT2D eigenvalue weighted by molar-refractivity contribution is 5.88. The van der Waals surface area contributed by atoms with Gasteiger partial charge in [0.1, 0.15) is 17.8 Å². The summed E-state index contributed by atoms with van der Waals surface area (Å²) in [4.78, 5) is 62.5. The zero-order valence-corrected chi connectivity index (χ0v) is 34.3. The number of ether oxygens (including phenoxy) is 2. The lowest BCUT2D eigenvalue weighted by atomic mass is 9.86. The largest absolute Gasteiger partial charge is 0.493 e. The Kier molecular flexibility index (Phi) is 14.5. The Balaban J connectivity index is 1.40. The van der Waals surface area contributed by atoms with E-state index in [2.05, 4.69) is 21.0 Å². The lowest BCUT2D eigenvalue weighted by Crippen LogP contribution is -2.60. The van der Waals surface area contributed by atoms with Gasteiger partial charge in [0.15, 0.2) is 0 Å². The minimum Gasteiger partial charge on any atom is -0.493 e. The Hall–Kier alpha value is -5.21. The third-order valence-corrected chi connectivity index (χ3v) is 10.7. The smallest absolute Gasteiger partial charge is 0.407 e. The van der Waals surface area contributed by atoms with E-state index in [1.807, 2.05) is 108 Å². The number of urea groups is 1. The second-order valence-corrected chi connectivity index (χ2v) is 16.2. The molecule has 5 amide bonds. The monoisotopic (exact) mass is 785 g/mol. The summed E-state index contributed by atoms with van der Waals surface area (Å²) in [6, 6.07) is 18.3. The highest BCUT2D eigenvalue weighted by atomic mass is 16.5. The van der Waals surface area contributed by atoms with Crippen molar-refractivity contribution < 1.29 is 33.8 Å². The molecule has 4 N–H and O–H groups in total. The maximum absolute atomic E-state index is 14.5. The van der Waals surface area contributed by atoms with Crippen LogP contribution in [-0.2, 0) is 40.3 Å². The van der Waals surface area contributed by atoms with Crippen molar-refractivity contribution in [3.8, 4) is 5.75 Å². The van der Waals surface area contributed by atoms with Crippen LogP contribution < -0.4 is 20.8 Å². The Morgan fingerprint density at radius 3 is 2.44 bits per heavy atom. The lowest BCUT2D eigenvalue weighted by Gasteiger charge is -2.36. The first-order valence-corrected chi connectivity index (χ1v) is 19.8. The summed E-state index contributed by atoms with van der Waals surface area (Å²) < 4.78 is 10.5. The predicted octanol–water partition coefficient (Wildman–Crippen LogP) is 4.37. The van der Waals surface area contributed by atoms with E-state index in [4.69, 9.17) is 9.47 Å². The summed E-state index contributed by atoms with van der Waals surface area (Å²) in [5.74, 6) is -0.227. The Bertz CT molecular complexity index is 1850. The molecular formula is C43H59N7O7. The highest BCUT2D eigenvalue weighted by Gasteiger charge is 2.41. The average molecular weight is 786 g/mol. The maximum Gasteiger partial charge on any atom is 0.407 e. The Morgan fingerprint density at radius 2 is 1.75 bits per heavy atom. The van der Waals surface area contributed by atoms with Gasteiger partial charge in [0, 0.05) is 38.3 Å². The van der Waals surface area contributed by atoms with Gasteiger partial charge in [0.25, 0.3) is 5.91 Å². The van der Waals surface area contributed by atoms with Crippen LogP contribution in [-0.4, -0.2) is 106 Å². The van der Waals surface area contributed by atoms with Crippen LogP contribution in [0.3, 0.4) is 0 Å². The van der Waals surface area contributed by atoms with Gasteiger partial charge in [0.2, 0.25) is 5.91 Å². The molecular weight excluding hydrogens is 727 g/mol. The number of benzene rings is 2. The molecule has 0 aliphatic carbocycles. The van der Waals surface area contributed by atoms with Crippen molar-refractivity contribution in [1.82, 2.24) is 35.9 Å². The number of aryl methyl sites for hydroxylation is 1. The normalized spacial score (nSPS) is 16.6. The zero-order valence-electron chi connectivity index (χ0n) is 34.3. The van der Waals surface area contributed by atoms with Crippen LogP contribution in [0.5, 0.6) is 5.75 Å². The molecule has 2 aliphatic heterocycles. The van der Waals surface area contributed by atoms with Crippen molar-refractivity contribution >= 4 is 23.9 Å². The average Bonchev–Trinajstić information content (AvgIpc) is 3.79. The molecule has 2 aliphatic rings. The highest BCUT2D eigenvalue weighted by Crippen LogP contribution is 2.27. The molecule has 1 fully saturated rings. The number of rotatable bonds is 17. The van der Waals surface area contributed by atoms with Crippen molar-refractivity contribution in [1.29, 1.82) is 0 Å². The summed E-state index contributed by atoms with van der Waals surface area (Å²) in [5.41, 5.74) is 6.72. The van der Waals surface area contributed by atoms with Crippen LogP contribution >= 0.6 is 0 Å². The van der Waals surface area contributed by atoms with Crippen molar-refractivity contribution in [3.05, 3.63) is 94.8 Å². The summed E-state index contributed by atoms with van der Waals surface area (Å²) in [7, 11) is 1.23. The molecule has 5 atom stereocenters. The van der Waals surface area contributed by atoms with Crippen molar-refractivity contribution in [2.45, 2.75) is 98.1 Å². The summed E-state index contributed by atoms with van der Waals surface area (Å²) >= 11 is 0. The Morgan fingerprint density at radius 1 is 1.00 bits per heavy atom. The number of alkyl carbamates (subject to hydrolysis) is 1. The molecule has 1 saturated heterocycles. The SMILES string of the molecule is CC[C@H](C)[C@@H](C(=O)N[C@@H](Cc1ccccc1)[C@@H](O)CN(Cc1ccc2c(c1)CCO2)NC(=O)[C@@H](NC(=O)OC)C(C)(C)C)N1CCN(Cc2cccc(C)n2)C1=O. The first-order valence-electron chi connectivity index (χ1n) is 19.8. The second kappa shape index (κ2) is 19.3. The quantitative estimate of drug-likeness (QED) is 0.146. The molecule has 0 spiro atoms. The second-order valence-electron chi connectivity index (χ2n) is 16.2. The molecule has 57 heavy (non-hydrogen) atoms. The van der Waals surface area contributed by atoms with E-state index in [9.17, 15) is 24.3 Å². The first kappa shape index (κ1) is 42.9. The van der Waals surface area contributed by atoms with Gasteiger partial charge in [-0.15, -0.1) is 0 Å². The van der Waals surface area contributed by atoms with Gasteiger partial charge in [-0.05, 0) is 59.6 Å². The number of aromatic nitrogens is 1. The van der Waals surface area contributed by atoms with Gasteiger partial charge < -0.3 is 35.0 Å². The lowest BCUT2D eigenvalue weighted by molar-refractivity contribution is -0.132. The number of aliphatic hydroxyl groups excluding tert-OH is 1. The number of amides is 5. The van der Waals surface area contributed by atoms with Crippen molar-refractivity contribution in [2.24, 2.45) is 11.3 Å². The first-order chi connectivity index (χ1) is 27.2. The molecule has 2 aromatic carbocycles. The third kappa shape index (κ3) is 11.4. The number of pyridine rings is 1. The van der Waals surface area contributed by atoms with Crippen LogP contribution in [0.2, 0.25) is 0 Å². The molecule has 1 aromatic heterocycles. The topological polar surface area (TPSA) is 166 Å². The van der Waals surface area contributed by atoms with E-state index in [-0.39, 0.29) is 37.4 Å². The fourth-order valence-electron chi connectivity index (χ4n) is 7.37. The number of methoxy groups -OCH3 is 1. The number of carbonyl (C=O) groups is 4. The fourth-order valence-corrected chi connectivity index (χ4v) is 7.37. The van der Waals surface area contributed by atoms with E-state index in [1.165, 1.54) is 7.11 Å².